The maximum atomic E-state index is 11.1. The van der Waals surface area contributed by atoms with Crippen molar-refractivity contribution in [3.63, 3.8) is 0 Å². The Morgan fingerprint density at radius 1 is 1.62 bits per heavy atom. The van der Waals surface area contributed by atoms with Gasteiger partial charge in [-0.25, -0.2) is 0 Å². The number of hydrogen-bond acceptors (Lipinski definition) is 2. The van der Waals surface area contributed by atoms with Gasteiger partial charge in [0, 0.05) is 12.6 Å². The number of hydrogen-bond donors (Lipinski definition) is 1. The smallest absolute Gasteiger partial charge is 0.220 e. The molecule has 70 valence electrons. The fourth-order valence-electron chi connectivity index (χ4n) is 1.05. The third-order valence-electron chi connectivity index (χ3n) is 1.83. The molecule has 3 nitrogen and oxygen atoms in total. The molecule has 3 heteroatoms. The summed E-state index contributed by atoms with van der Waals surface area (Å²) in [5, 5.41) is 2.84. The maximum Gasteiger partial charge on any atom is 0.220 e. The molecule has 1 rings (SSSR count). The normalized spacial score (nSPS) is 12.2. The van der Waals surface area contributed by atoms with Gasteiger partial charge < -0.3 is 5.32 Å². The van der Waals surface area contributed by atoms with Gasteiger partial charge in [0.25, 0.3) is 0 Å². The average Bonchev–Trinajstić information content (AvgIpc) is 2.19. The fourth-order valence-corrected chi connectivity index (χ4v) is 1.05. The lowest BCUT2D eigenvalue weighted by atomic mass is 10.2. The molecule has 0 unspecified atom stereocenters. The molecule has 0 aliphatic carbocycles. The van der Waals surface area contributed by atoms with E-state index in [9.17, 15) is 4.79 Å². The summed E-state index contributed by atoms with van der Waals surface area (Å²) in [6.07, 6.45) is 2.24. The molecule has 0 bridgehead atoms. The highest BCUT2D eigenvalue weighted by atomic mass is 16.1. The quantitative estimate of drug-likeness (QED) is 0.765. The fraction of sp³-hybridized carbons (Fsp3) is 0.400. The summed E-state index contributed by atoms with van der Waals surface area (Å²) < 4.78 is 0. The summed E-state index contributed by atoms with van der Waals surface area (Å²) in [7, 11) is 0. The van der Waals surface area contributed by atoms with Gasteiger partial charge in [0.2, 0.25) is 5.91 Å². The van der Waals surface area contributed by atoms with Gasteiger partial charge in [-0.3, -0.25) is 9.78 Å². The number of carbonyl (C=O) groups excluding carboxylic acids is 1. The molecule has 0 saturated carbocycles. The molecule has 0 radical (unpaired) electrons. The number of aromatic nitrogens is 1. The number of amides is 1. The Morgan fingerprint density at radius 3 is 2.92 bits per heavy atom. The lowest BCUT2D eigenvalue weighted by Crippen LogP contribution is -2.26. The molecule has 0 aromatic carbocycles. The molecular weight excluding hydrogens is 164 g/mol. The van der Waals surface area contributed by atoms with Crippen LogP contribution in [0.15, 0.2) is 24.4 Å². The van der Waals surface area contributed by atoms with E-state index >= 15 is 0 Å². The molecule has 1 atom stereocenters. The van der Waals surface area contributed by atoms with E-state index in [-0.39, 0.29) is 11.9 Å². The molecule has 1 amide bonds. The van der Waals surface area contributed by atoms with Crippen LogP contribution in [0, 0.1) is 0 Å². The Kier molecular flexibility index (Phi) is 3.43. The van der Waals surface area contributed by atoms with Crippen molar-refractivity contribution in [2.75, 3.05) is 0 Å². The lowest BCUT2D eigenvalue weighted by molar-refractivity contribution is -0.121. The van der Waals surface area contributed by atoms with E-state index < -0.39 is 0 Å². The highest BCUT2D eigenvalue weighted by molar-refractivity contribution is 5.75. The zero-order valence-corrected chi connectivity index (χ0v) is 7.95. The number of pyridine rings is 1. The molecular formula is C10H14N2O. The van der Waals surface area contributed by atoms with Crippen LogP contribution in [-0.4, -0.2) is 10.9 Å². The van der Waals surface area contributed by atoms with Gasteiger partial charge in [-0.1, -0.05) is 13.0 Å². The van der Waals surface area contributed by atoms with Crippen molar-refractivity contribution in [1.29, 1.82) is 0 Å². The predicted molar refractivity (Wildman–Crippen MR) is 51.1 cm³/mol. The first kappa shape index (κ1) is 9.71. The standard InChI is InChI=1S/C10H14N2O/c1-3-10(13)12-8(2)9-6-4-5-7-11-9/h4-8H,3H2,1-2H3,(H,12,13)/t8-/m0/s1. The summed E-state index contributed by atoms with van der Waals surface area (Å²) >= 11 is 0. The van der Waals surface area contributed by atoms with Crippen molar-refractivity contribution < 1.29 is 4.79 Å². The Morgan fingerprint density at radius 2 is 2.38 bits per heavy atom. The molecule has 1 N–H and O–H groups in total. The second-order valence-corrected chi connectivity index (χ2v) is 2.90. The second kappa shape index (κ2) is 4.60. The highest BCUT2D eigenvalue weighted by Gasteiger charge is 2.07. The van der Waals surface area contributed by atoms with E-state index in [0.717, 1.165) is 5.69 Å². The van der Waals surface area contributed by atoms with Crippen LogP contribution in [0.4, 0.5) is 0 Å². The third-order valence-corrected chi connectivity index (χ3v) is 1.83. The summed E-state index contributed by atoms with van der Waals surface area (Å²) in [5.74, 6) is 0.0538. The van der Waals surface area contributed by atoms with Crippen molar-refractivity contribution in [1.82, 2.24) is 10.3 Å². The van der Waals surface area contributed by atoms with Crippen LogP contribution in [0.25, 0.3) is 0 Å². The van der Waals surface area contributed by atoms with Crippen LogP contribution in [0.3, 0.4) is 0 Å². The first-order chi connectivity index (χ1) is 6.24. The number of nitrogens with zero attached hydrogens (tertiary/aromatic N) is 1. The largest absolute Gasteiger partial charge is 0.348 e. The van der Waals surface area contributed by atoms with E-state index in [1.54, 1.807) is 6.20 Å². The van der Waals surface area contributed by atoms with E-state index in [1.165, 1.54) is 0 Å². The molecule has 0 spiro atoms. The van der Waals surface area contributed by atoms with Gasteiger partial charge in [-0.2, -0.15) is 0 Å². The summed E-state index contributed by atoms with van der Waals surface area (Å²) in [6, 6.07) is 5.67. The van der Waals surface area contributed by atoms with Crippen LogP contribution in [0.5, 0.6) is 0 Å². The Balaban J connectivity index is 2.59. The van der Waals surface area contributed by atoms with Crippen molar-refractivity contribution in [2.24, 2.45) is 0 Å². The maximum absolute atomic E-state index is 11.1. The number of nitrogens with one attached hydrogen (secondary N) is 1. The van der Waals surface area contributed by atoms with Crippen LogP contribution < -0.4 is 5.32 Å². The van der Waals surface area contributed by atoms with Gasteiger partial charge in [0.05, 0.1) is 11.7 Å². The SMILES string of the molecule is CCC(=O)N[C@@H](C)c1ccccn1. The molecule has 1 aromatic heterocycles. The van der Waals surface area contributed by atoms with Gasteiger partial charge in [-0.15, -0.1) is 0 Å². The van der Waals surface area contributed by atoms with E-state index in [4.69, 9.17) is 0 Å². The van der Waals surface area contributed by atoms with Crippen molar-refractivity contribution in [3.8, 4) is 0 Å². The third kappa shape index (κ3) is 2.86. The molecule has 1 aromatic rings. The number of rotatable bonds is 3. The van der Waals surface area contributed by atoms with Crippen LogP contribution in [0.2, 0.25) is 0 Å². The van der Waals surface area contributed by atoms with Crippen LogP contribution >= 0.6 is 0 Å². The van der Waals surface area contributed by atoms with Crippen molar-refractivity contribution in [2.45, 2.75) is 26.3 Å². The van der Waals surface area contributed by atoms with Crippen LogP contribution in [-0.2, 0) is 4.79 Å². The van der Waals surface area contributed by atoms with Gasteiger partial charge in [0.1, 0.15) is 0 Å². The first-order valence-electron chi connectivity index (χ1n) is 4.44. The highest BCUT2D eigenvalue weighted by Crippen LogP contribution is 2.07. The Bertz CT molecular complexity index is 272. The molecule has 1 heterocycles. The topological polar surface area (TPSA) is 42.0 Å². The Hall–Kier alpha value is -1.38. The zero-order chi connectivity index (χ0) is 9.68. The van der Waals surface area contributed by atoms with Gasteiger partial charge in [0.15, 0.2) is 0 Å². The second-order valence-electron chi connectivity index (χ2n) is 2.90. The van der Waals surface area contributed by atoms with Crippen LogP contribution in [0.1, 0.15) is 32.0 Å². The predicted octanol–water partition coefficient (Wildman–Crippen LogP) is 1.67. The van der Waals surface area contributed by atoms with Gasteiger partial charge >= 0.3 is 0 Å². The number of carbonyl (C=O) groups is 1. The first-order valence-corrected chi connectivity index (χ1v) is 4.44. The minimum Gasteiger partial charge on any atom is -0.348 e. The monoisotopic (exact) mass is 178 g/mol. The molecule has 0 saturated heterocycles. The van der Waals surface area contributed by atoms with E-state index in [1.807, 2.05) is 32.0 Å². The summed E-state index contributed by atoms with van der Waals surface area (Å²) in [6.45, 7) is 3.76. The molecule has 0 aliphatic heterocycles. The van der Waals surface area contributed by atoms with E-state index in [0.29, 0.717) is 6.42 Å². The van der Waals surface area contributed by atoms with Crippen molar-refractivity contribution >= 4 is 5.91 Å². The van der Waals surface area contributed by atoms with Crippen molar-refractivity contribution in [3.05, 3.63) is 30.1 Å². The lowest BCUT2D eigenvalue weighted by Gasteiger charge is -2.11. The summed E-state index contributed by atoms with van der Waals surface area (Å²) in [4.78, 5) is 15.2. The Labute approximate surface area is 78.2 Å². The zero-order valence-electron chi connectivity index (χ0n) is 7.95. The average molecular weight is 178 g/mol. The molecule has 0 fully saturated rings. The molecule has 13 heavy (non-hydrogen) atoms. The van der Waals surface area contributed by atoms with E-state index in [2.05, 4.69) is 10.3 Å². The minimum atomic E-state index is -0.00588. The summed E-state index contributed by atoms with van der Waals surface area (Å²) in [5.41, 5.74) is 0.893. The minimum absolute atomic E-state index is 0.00588. The molecule has 0 aliphatic rings. The van der Waals surface area contributed by atoms with Gasteiger partial charge in [-0.05, 0) is 19.1 Å².